The molecule has 1 N–H and O–H groups in total. The maximum atomic E-state index is 11.2. The van der Waals surface area contributed by atoms with Crippen LogP contribution in [0.2, 0.25) is 0 Å². The lowest BCUT2D eigenvalue weighted by Gasteiger charge is -2.23. The fourth-order valence-corrected chi connectivity index (χ4v) is 1.57. The van der Waals surface area contributed by atoms with E-state index in [9.17, 15) is 4.79 Å². The lowest BCUT2D eigenvalue weighted by molar-refractivity contribution is -0.118. The maximum absolute atomic E-state index is 11.2. The minimum absolute atomic E-state index is 0.0265. The first-order valence-corrected chi connectivity index (χ1v) is 6.46. The summed E-state index contributed by atoms with van der Waals surface area (Å²) in [5, 5.41) is 2.74. The summed E-state index contributed by atoms with van der Waals surface area (Å²) < 4.78 is 5.90. The van der Waals surface area contributed by atoms with Crippen molar-refractivity contribution in [2.75, 3.05) is 5.88 Å². The molecule has 1 rings (SSSR count). The van der Waals surface area contributed by atoms with Crippen LogP contribution in [0.15, 0.2) is 18.2 Å². The van der Waals surface area contributed by atoms with E-state index < -0.39 is 0 Å². The summed E-state index contributed by atoms with van der Waals surface area (Å²) in [5.41, 5.74) is 1.81. The van der Waals surface area contributed by atoms with E-state index >= 15 is 0 Å². The van der Waals surface area contributed by atoms with Crippen LogP contribution >= 0.6 is 11.6 Å². The molecule has 1 aromatic rings. The van der Waals surface area contributed by atoms with E-state index in [1.165, 1.54) is 0 Å². The zero-order valence-electron chi connectivity index (χ0n) is 11.3. The molecule has 4 heteroatoms. The first-order chi connectivity index (χ1) is 8.31. The number of carbonyl (C=O) groups excluding carboxylic acids is 1. The minimum atomic E-state index is -0.265. The Morgan fingerprint density at radius 2 is 2.06 bits per heavy atom. The zero-order valence-corrected chi connectivity index (χ0v) is 12.1. The molecule has 0 heterocycles. The van der Waals surface area contributed by atoms with Gasteiger partial charge in [-0.15, -0.1) is 11.6 Å². The molecule has 1 aromatic carbocycles. The molecule has 0 unspecified atom stereocenters. The summed E-state index contributed by atoms with van der Waals surface area (Å²) in [4.78, 5) is 11.2. The van der Waals surface area contributed by atoms with Gasteiger partial charge in [0.05, 0.1) is 0 Å². The number of carbonyl (C=O) groups is 1. The van der Waals surface area contributed by atoms with Crippen LogP contribution in [0, 0.1) is 6.92 Å². The van der Waals surface area contributed by atoms with E-state index in [0.29, 0.717) is 6.54 Å². The molecular formula is C14H20ClNO2. The number of ether oxygens (including phenoxy) is 1. The van der Waals surface area contributed by atoms with Crippen LogP contribution in [0.1, 0.15) is 31.9 Å². The number of nitrogens with one attached hydrogen (secondary N) is 1. The quantitative estimate of drug-likeness (QED) is 0.854. The average Bonchev–Trinajstić information content (AvgIpc) is 2.25. The van der Waals surface area contributed by atoms with E-state index in [-0.39, 0.29) is 17.4 Å². The molecule has 0 radical (unpaired) electrons. The SMILES string of the molecule is Cc1ccc(CNC(=O)CCl)c(OC(C)(C)C)c1. The summed E-state index contributed by atoms with van der Waals surface area (Å²) >= 11 is 5.45. The van der Waals surface area contributed by atoms with Gasteiger partial charge in [-0.3, -0.25) is 4.79 Å². The first-order valence-electron chi connectivity index (χ1n) is 5.93. The van der Waals surface area contributed by atoms with Crippen LogP contribution in [-0.4, -0.2) is 17.4 Å². The molecule has 0 atom stereocenters. The van der Waals surface area contributed by atoms with E-state index in [4.69, 9.17) is 16.3 Å². The highest BCUT2D eigenvalue weighted by molar-refractivity contribution is 6.27. The van der Waals surface area contributed by atoms with Crippen LogP contribution in [0.3, 0.4) is 0 Å². The Labute approximate surface area is 113 Å². The molecule has 0 aliphatic rings. The monoisotopic (exact) mass is 269 g/mol. The van der Waals surface area contributed by atoms with E-state index in [2.05, 4.69) is 5.32 Å². The lowest BCUT2D eigenvalue weighted by Crippen LogP contribution is -2.26. The molecule has 0 bridgehead atoms. The number of rotatable bonds is 4. The Bertz CT molecular complexity index is 424. The van der Waals surface area contributed by atoms with Gasteiger partial charge < -0.3 is 10.1 Å². The van der Waals surface area contributed by atoms with E-state index in [1.807, 2.05) is 45.9 Å². The standard InChI is InChI=1S/C14H20ClNO2/c1-10-5-6-11(9-16-13(17)8-15)12(7-10)18-14(2,3)4/h5-7H,8-9H2,1-4H3,(H,16,17). The van der Waals surface area contributed by atoms with Crippen molar-refractivity contribution in [3.05, 3.63) is 29.3 Å². The van der Waals surface area contributed by atoms with E-state index in [0.717, 1.165) is 16.9 Å². The van der Waals surface area contributed by atoms with Gasteiger partial charge in [-0.05, 0) is 39.3 Å². The predicted molar refractivity (Wildman–Crippen MR) is 74.1 cm³/mol. The Morgan fingerprint density at radius 3 is 2.61 bits per heavy atom. The van der Waals surface area contributed by atoms with Gasteiger partial charge in [-0.25, -0.2) is 0 Å². The highest BCUT2D eigenvalue weighted by Crippen LogP contribution is 2.24. The molecule has 0 aromatic heterocycles. The molecule has 18 heavy (non-hydrogen) atoms. The third-order valence-electron chi connectivity index (χ3n) is 2.24. The van der Waals surface area contributed by atoms with Crippen molar-refractivity contribution in [1.82, 2.24) is 5.32 Å². The van der Waals surface area contributed by atoms with Crippen molar-refractivity contribution in [1.29, 1.82) is 0 Å². The second kappa shape index (κ2) is 6.10. The highest BCUT2D eigenvalue weighted by Gasteiger charge is 2.15. The van der Waals surface area contributed by atoms with Crippen molar-refractivity contribution >= 4 is 17.5 Å². The topological polar surface area (TPSA) is 38.3 Å². The molecule has 0 aliphatic heterocycles. The maximum Gasteiger partial charge on any atom is 0.235 e. The Hall–Kier alpha value is -1.22. The predicted octanol–water partition coefficient (Wildman–Crippen LogP) is 3.03. The van der Waals surface area contributed by atoms with Crippen LogP contribution in [0.5, 0.6) is 5.75 Å². The molecular weight excluding hydrogens is 250 g/mol. The van der Waals surface area contributed by atoms with Crippen LogP contribution in [-0.2, 0) is 11.3 Å². The fraction of sp³-hybridized carbons (Fsp3) is 0.500. The average molecular weight is 270 g/mol. The van der Waals surface area contributed by atoms with Crippen LogP contribution in [0.4, 0.5) is 0 Å². The number of hydrogen-bond donors (Lipinski definition) is 1. The number of hydrogen-bond acceptors (Lipinski definition) is 2. The summed E-state index contributed by atoms with van der Waals surface area (Å²) in [6.07, 6.45) is 0. The van der Waals surface area contributed by atoms with Crippen molar-refractivity contribution in [3.8, 4) is 5.75 Å². The van der Waals surface area contributed by atoms with Gasteiger partial charge >= 0.3 is 0 Å². The summed E-state index contributed by atoms with van der Waals surface area (Å²) in [6, 6.07) is 5.94. The number of benzene rings is 1. The highest BCUT2D eigenvalue weighted by atomic mass is 35.5. The van der Waals surface area contributed by atoms with Crippen LogP contribution in [0.25, 0.3) is 0 Å². The van der Waals surface area contributed by atoms with Crippen LogP contribution < -0.4 is 10.1 Å². The van der Waals surface area contributed by atoms with Crippen molar-refractivity contribution in [2.24, 2.45) is 0 Å². The number of alkyl halides is 1. The Kier molecular flexibility index (Phi) is 5.03. The van der Waals surface area contributed by atoms with Gasteiger partial charge in [0.25, 0.3) is 0 Å². The molecule has 0 fully saturated rings. The number of halogens is 1. The summed E-state index contributed by atoms with van der Waals surface area (Å²) in [7, 11) is 0. The van der Waals surface area contributed by atoms with Crippen molar-refractivity contribution < 1.29 is 9.53 Å². The molecule has 0 aliphatic carbocycles. The van der Waals surface area contributed by atoms with Crippen molar-refractivity contribution in [2.45, 2.75) is 39.8 Å². The van der Waals surface area contributed by atoms with Crippen molar-refractivity contribution in [3.63, 3.8) is 0 Å². The number of aryl methyl sites for hydroxylation is 1. The summed E-state index contributed by atoms with van der Waals surface area (Å²) in [6.45, 7) is 8.43. The summed E-state index contributed by atoms with van der Waals surface area (Å²) in [5.74, 6) is 0.595. The fourth-order valence-electron chi connectivity index (χ4n) is 1.47. The normalized spacial score (nSPS) is 11.2. The Morgan fingerprint density at radius 1 is 1.39 bits per heavy atom. The minimum Gasteiger partial charge on any atom is -0.488 e. The largest absolute Gasteiger partial charge is 0.488 e. The lowest BCUT2D eigenvalue weighted by atomic mass is 10.1. The molecule has 100 valence electrons. The molecule has 0 spiro atoms. The smallest absolute Gasteiger partial charge is 0.235 e. The van der Waals surface area contributed by atoms with Gasteiger partial charge in [0.1, 0.15) is 17.2 Å². The number of amides is 1. The second-order valence-corrected chi connectivity index (χ2v) is 5.50. The third-order valence-corrected chi connectivity index (χ3v) is 2.48. The van der Waals surface area contributed by atoms with Gasteiger partial charge in [-0.1, -0.05) is 12.1 Å². The molecule has 0 saturated heterocycles. The van der Waals surface area contributed by atoms with E-state index in [1.54, 1.807) is 0 Å². The molecule has 0 saturated carbocycles. The van der Waals surface area contributed by atoms with Gasteiger partial charge in [0, 0.05) is 12.1 Å². The van der Waals surface area contributed by atoms with Gasteiger partial charge in [-0.2, -0.15) is 0 Å². The third kappa shape index (κ3) is 4.96. The molecule has 1 amide bonds. The first kappa shape index (κ1) is 14.8. The second-order valence-electron chi connectivity index (χ2n) is 5.24. The van der Waals surface area contributed by atoms with Gasteiger partial charge in [0.15, 0.2) is 0 Å². The van der Waals surface area contributed by atoms with Gasteiger partial charge in [0.2, 0.25) is 5.91 Å². The molecule has 3 nitrogen and oxygen atoms in total. The Balaban J connectivity index is 2.86. The zero-order chi connectivity index (χ0) is 13.8.